The van der Waals surface area contributed by atoms with E-state index in [1.165, 1.54) is 44.2 Å². The first-order valence-corrected chi connectivity index (χ1v) is 11.9. The number of benzene rings is 1. The maximum Gasteiger partial charge on any atom is 0.169 e. The van der Waals surface area contributed by atoms with Crippen LogP contribution in [0.2, 0.25) is 5.02 Å². The molecular weight excluding hydrogens is 386 g/mol. The van der Waals surface area contributed by atoms with Crippen LogP contribution in [-0.2, 0) is 0 Å². The molecule has 3 nitrogen and oxygen atoms in total. The summed E-state index contributed by atoms with van der Waals surface area (Å²) >= 11 is 12.0. The standard InChI is InChI=1S/C23H32ClN3S/c1-16(23-13-17-9-18(14-23)11-19(10-17)15-23)25-22(28)27-7-5-26(6-8-27)21-4-2-3-20(24)12-21/h2-4,12,16-19H,5-11,13-15H2,1H3,(H,25,28)/t16-,17?,18?,19?,23?/m0/s1. The molecule has 1 N–H and O–H groups in total. The van der Waals surface area contributed by atoms with Gasteiger partial charge >= 0.3 is 0 Å². The van der Waals surface area contributed by atoms with Crippen molar-refractivity contribution in [3.63, 3.8) is 0 Å². The predicted molar refractivity (Wildman–Crippen MR) is 121 cm³/mol. The van der Waals surface area contributed by atoms with Crippen molar-refractivity contribution in [2.45, 2.75) is 51.5 Å². The van der Waals surface area contributed by atoms with E-state index in [0.717, 1.165) is 54.1 Å². The van der Waals surface area contributed by atoms with E-state index < -0.39 is 0 Å². The number of nitrogens with one attached hydrogen (secondary N) is 1. The Morgan fingerprint density at radius 1 is 1.07 bits per heavy atom. The number of nitrogens with zero attached hydrogens (tertiary/aromatic N) is 2. The lowest BCUT2D eigenvalue weighted by atomic mass is 9.48. The fourth-order valence-corrected chi connectivity index (χ4v) is 7.52. The average Bonchev–Trinajstić information content (AvgIpc) is 2.67. The molecule has 5 heteroatoms. The highest BCUT2D eigenvalue weighted by molar-refractivity contribution is 7.80. The van der Waals surface area contributed by atoms with Crippen molar-refractivity contribution in [2.75, 3.05) is 31.1 Å². The topological polar surface area (TPSA) is 18.5 Å². The van der Waals surface area contributed by atoms with Crippen LogP contribution in [0.25, 0.3) is 0 Å². The molecule has 1 aliphatic heterocycles. The van der Waals surface area contributed by atoms with Crippen molar-refractivity contribution in [2.24, 2.45) is 23.2 Å². The summed E-state index contributed by atoms with van der Waals surface area (Å²) in [5.41, 5.74) is 1.72. The summed E-state index contributed by atoms with van der Waals surface area (Å²) in [4.78, 5) is 4.78. The number of rotatable bonds is 3. The summed E-state index contributed by atoms with van der Waals surface area (Å²) < 4.78 is 0. The third-order valence-electron chi connectivity index (χ3n) is 8.08. The van der Waals surface area contributed by atoms with Crippen LogP contribution >= 0.6 is 23.8 Å². The van der Waals surface area contributed by atoms with E-state index in [2.05, 4.69) is 34.2 Å². The van der Waals surface area contributed by atoms with Gasteiger partial charge in [-0.3, -0.25) is 0 Å². The first-order valence-electron chi connectivity index (χ1n) is 11.1. The van der Waals surface area contributed by atoms with Crippen molar-refractivity contribution in [3.05, 3.63) is 29.3 Å². The van der Waals surface area contributed by atoms with Crippen molar-refractivity contribution in [1.82, 2.24) is 10.2 Å². The van der Waals surface area contributed by atoms with E-state index >= 15 is 0 Å². The quantitative estimate of drug-likeness (QED) is 0.701. The Kier molecular flexibility index (Phi) is 4.99. The van der Waals surface area contributed by atoms with Crippen LogP contribution in [-0.4, -0.2) is 42.2 Å². The van der Waals surface area contributed by atoms with Crippen LogP contribution < -0.4 is 10.2 Å². The number of thiocarbonyl (C=S) groups is 1. The SMILES string of the molecule is C[C@H](NC(=S)N1CCN(c2cccc(Cl)c2)CC1)C12CC3CC(CC(C3)C1)C2. The maximum absolute atomic E-state index is 6.16. The lowest BCUT2D eigenvalue weighted by molar-refractivity contribution is -0.0675. The molecule has 152 valence electrons. The molecule has 0 radical (unpaired) electrons. The van der Waals surface area contributed by atoms with Crippen LogP contribution in [0.4, 0.5) is 5.69 Å². The second-order valence-electron chi connectivity index (χ2n) is 9.91. The first-order chi connectivity index (χ1) is 13.5. The minimum Gasteiger partial charge on any atom is -0.368 e. The van der Waals surface area contributed by atoms with Gasteiger partial charge in [-0.15, -0.1) is 0 Å². The molecule has 6 rings (SSSR count). The van der Waals surface area contributed by atoms with E-state index in [-0.39, 0.29) is 0 Å². The van der Waals surface area contributed by atoms with Gasteiger partial charge in [-0.2, -0.15) is 0 Å². The number of piperazine rings is 1. The molecule has 0 spiro atoms. The van der Waals surface area contributed by atoms with Crippen LogP contribution in [0.3, 0.4) is 0 Å². The number of hydrogen-bond donors (Lipinski definition) is 1. The van der Waals surface area contributed by atoms with Gasteiger partial charge in [0.15, 0.2) is 5.11 Å². The Morgan fingerprint density at radius 2 is 1.68 bits per heavy atom. The van der Waals surface area contributed by atoms with Crippen LogP contribution in [0.1, 0.15) is 45.4 Å². The molecule has 1 aromatic carbocycles. The zero-order chi connectivity index (χ0) is 19.3. The third kappa shape index (κ3) is 3.52. The first kappa shape index (κ1) is 19.0. The van der Waals surface area contributed by atoms with Crippen molar-refractivity contribution < 1.29 is 0 Å². The smallest absolute Gasteiger partial charge is 0.169 e. The van der Waals surface area contributed by atoms with Gasteiger partial charge in [0.1, 0.15) is 0 Å². The summed E-state index contributed by atoms with van der Waals surface area (Å²) in [5, 5.41) is 5.56. The highest BCUT2D eigenvalue weighted by Gasteiger charge is 2.53. The van der Waals surface area contributed by atoms with Gasteiger partial charge in [0.2, 0.25) is 0 Å². The van der Waals surface area contributed by atoms with E-state index in [1.807, 2.05) is 12.1 Å². The number of anilines is 1. The van der Waals surface area contributed by atoms with Crippen LogP contribution in [0.5, 0.6) is 0 Å². The van der Waals surface area contributed by atoms with Gasteiger partial charge in [-0.25, -0.2) is 0 Å². The number of hydrogen-bond acceptors (Lipinski definition) is 2. The van der Waals surface area contributed by atoms with Crippen molar-refractivity contribution >= 4 is 34.6 Å². The van der Waals surface area contributed by atoms with E-state index in [0.29, 0.717) is 11.5 Å². The molecule has 0 aromatic heterocycles. The highest BCUT2D eigenvalue weighted by Crippen LogP contribution is 2.61. The van der Waals surface area contributed by atoms with Crippen molar-refractivity contribution in [3.8, 4) is 0 Å². The summed E-state index contributed by atoms with van der Waals surface area (Å²) in [6.45, 7) is 6.35. The molecule has 1 saturated heterocycles. The second kappa shape index (κ2) is 7.36. The Bertz CT molecular complexity index is 708. The zero-order valence-corrected chi connectivity index (χ0v) is 18.4. The van der Waals surface area contributed by atoms with Gasteiger partial charge in [0.25, 0.3) is 0 Å². The normalized spacial score (nSPS) is 35.1. The Morgan fingerprint density at radius 3 is 2.25 bits per heavy atom. The predicted octanol–water partition coefficient (Wildman–Crippen LogP) is 4.94. The lowest BCUT2D eigenvalue weighted by Gasteiger charge is -2.59. The summed E-state index contributed by atoms with van der Waals surface area (Å²) in [6, 6.07) is 8.67. The van der Waals surface area contributed by atoms with Gasteiger partial charge in [-0.05, 0) is 99.0 Å². The molecule has 5 fully saturated rings. The molecular formula is C23H32ClN3S. The van der Waals surface area contributed by atoms with E-state index in [9.17, 15) is 0 Å². The Labute approximate surface area is 179 Å². The Balaban J connectivity index is 1.18. The zero-order valence-electron chi connectivity index (χ0n) is 16.9. The fourth-order valence-electron chi connectivity index (χ4n) is 6.98. The van der Waals surface area contributed by atoms with E-state index in [4.69, 9.17) is 23.8 Å². The van der Waals surface area contributed by atoms with Gasteiger partial charge in [-0.1, -0.05) is 17.7 Å². The summed E-state index contributed by atoms with van der Waals surface area (Å²) in [5.74, 6) is 2.97. The Hall–Kier alpha value is -1.00. The molecule has 1 heterocycles. The minimum atomic E-state index is 0.499. The highest BCUT2D eigenvalue weighted by atomic mass is 35.5. The average molecular weight is 418 g/mol. The summed E-state index contributed by atoms with van der Waals surface area (Å²) in [6.07, 6.45) is 8.79. The summed E-state index contributed by atoms with van der Waals surface area (Å²) in [7, 11) is 0. The van der Waals surface area contributed by atoms with Gasteiger partial charge in [0, 0.05) is 42.9 Å². The molecule has 4 bridgehead atoms. The fraction of sp³-hybridized carbons (Fsp3) is 0.696. The molecule has 4 aliphatic carbocycles. The largest absolute Gasteiger partial charge is 0.368 e. The minimum absolute atomic E-state index is 0.499. The van der Waals surface area contributed by atoms with E-state index in [1.54, 1.807) is 0 Å². The molecule has 0 amide bonds. The number of halogens is 1. The lowest BCUT2D eigenvalue weighted by Crippen LogP contribution is -2.59. The van der Waals surface area contributed by atoms with Crippen LogP contribution in [0.15, 0.2) is 24.3 Å². The monoisotopic (exact) mass is 417 g/mol. The third-order valence-corrected chi connectivity index (χ3v) is 8.70. The molecule has 28 heavy (non-hydrogen) atoms. The molecule has 1 atom stereocenters. The van der Waals surface area contributed by atoms with Crippen LogP contribution in [0, 0.1) is 23.2 Å². The second-order valence-corrected chi connectivity index (χ2v) is 10.7. The molecule has 1 aromatic rings. The maximum atomic E-state index is 6.16. The molecule has 5 aliphatic rings. The molecule has 0 unspecified atom stereocenters. The van der Waals surface area contributed by atoms with Gasteiger partial charge in [0.05, 0.1) is 0 Å². The van der Waals surface area contributed by atoms with Gasteiger partial charge < -0.3 is 15.1 Å². The van der Waals surface area contributed by atoms with Crippen molar-refractivity contribution in [1.29, 1.82) is 0 Å². The molecule has 4 saturated carbocycles.